The number of carbonyl (C=O) groups is 3. The summed E-state index contributed by atoms with van der Waals surface area (Å²) in [5.41, 5.74) is 2.42. The van der Waals surface area contributed by atoms with Gasteiger partial charge in [0.25, 0.3) is 5.91 Å². The molecule has 3 heterocycles. The smallest absolute Gasteiger partial charge is 0.325 e. The summed E-state index contributed by atoms with van der Waals surface area (Å²) in [5.74, 6) is 0.635. The molecule has 0 unspecified atom stereocenters. The zero-order valence-electron chi connectivity index (χ0n) is 20.0. The maximum atomic E-state index is 13.4. The van der Waals surface area contributed by atoms with Gasteiger partial charge in [-0.2, -0.15) is 0 Å². The molecule has 1 N–H and O–H groups in total. The molecule has 8 heteroatoms. The lowest BCUT2D eigenvalue weighted by Gasteiger charge is -2.25. The first-order chi connectivity index (χ1) is 16.9. The van der Waals surface area contributed by atoms with Gasteiger partial charge >= 0.3 is 6.03 Å². The van der Waals surface area contributed by atoms with Crippen molar-refractivity contribution in [3.8, 4) is 17.2 Å². The van der Waals surface area contributed by atoms with E-state index in [1.807, 2.05) is 73.9 Å². The number of carbonyl (C=O) groups excluding carboxylic acids is 3. The van der Waals surface area contributed by atoms with Gasteiger partial charge in [0.2, 0.25) is 0 Å². The lowest BCUT2D eigenvalue weighted by Crippen LogP contribution is -2.43. The van der Waals surface area contributed by atoms with Crippen molar-refractivity contribution in [2.45, 2.75) is 32.7 Å². The van der Waals surface area contributed by atoms with Crippen molar-refractivity contribution in [2.75, 3.05) is 19.8 Å². The Bertz CT molecular complexity index is 1330. The molecule has 1 atom stereocenters. The molecule has 0 radical (unpaired) electrons. The van der Waals surface area contributed by atoms with Crippen LogP contribution in [-0.4, -0.2) is 46.9 Å². The average molecular weight is 474 g/mol. The van der Waals surface area contributed by atoms with E-state index >= 15 is 0 Å². The van der Waals surface area contributed by atoms with Crippen LogP contribution in [0.25, 0.3) is 5.69 Å². The van der Waals surface area contributed by atoms with Crippen LogP contribution >= 0.6 is 0 Å². The van der Waals surface area contributed by atoms with Crippen LogP contribution in [0, 0.1) is 13.8 Å². The van der Waals surface area contributed by atoms with Crippen LogP contribution in [0.2, 0.25) is 0 Å². The summed E-state index contributed by atoms with van der Waals surface area (Å²) in [7, 11) is 0. The van der Waals surface area contributed by atoms with Gasteiger partial charge < -0.3 is 19.4 Å². The van der Waals surface area contributed by atoms with Gasteiger partial charge in [0.1, 0.15) is 18.8 Å². The Balaban J connectivity index is 1.42. The first-order valence-corrected chi connectivity index (χ1v) is 11.7. The van der Waals surface area contributed by atoms with E-state index < -0.39 is 17.5 Å². The second-order valence-corrected chi connectivity index (χ2v) is 8.82. The van der Waals surface area contributed by atoms with Gasteiger partial charge in [-0.3, -0.25) is 14.5 Å². The molecular formula is C27H27N3O5. The maximum absolute atomic E-state index is 13.4. The SMILES string of the molecule is CC[C@@]1(c2ccccc2)NC(=O)N(CC(=O)c2cc(C)n(-c3ccc4c(c3)OCCO4)c2C)C1=O. The van der Waals surface area contributed by atoms with Gasteiger partial charge in [0, 0.05) is 28.7 Å². The van der Waals surface area contributed by atoms with Crippen LogP contribution in [-0.2, 0) is 10.3 Å². The summed E-state index contributed by atoms with van der Waals surface area (Å²) < 4.78 is 13.3. The van der Waals surface area contributed by atoms with E-state index in [1.165, 1.54) is 0 Å². The summed E-state index contributed by atoms with van der Waals surface area (Å²) in [5, 5.41) is 2.83. The summed E-state index contributed by atoms with van der Waals surface area (Å²) in [6, 6.07) is 16.0. The molecule has 1 fully saturated rings. The van der Waals surface area contributed by atoms with Crippen LogP contribution in [0.5, 0.6) is 11.5 Å². The van der Waals surface area contributed by atoms with Crippen molar-refractivity contribution in [2.24, 2.45) is 0 Å². The second-order valence-electron chi connectivity index (χ2n) is 8.82. The van der Waals surface area contributed by atoms with E-state index in [9.17, 15) is 14.4 Å². The van der Waals surface area contributed by atoms with Crippen LogP contribution in [0.15, 0.2) is 54.6 Å². The molecule has 3 amide bonds. The van der Waals surface area contributed by atoms with Gasteiger partial charge in [0.15, 0.2) is 17.3 Å². The van der Waals surface area contributed by atoms with Crippen LogP contribution in [0.1, 0.15) is 40.7 Å². The van der Waals surface area contributed by atoms with Crippen LogP contribution in [0.3, 0.4) is 0 Å². The quantitative estimate of drug-likeness (QED) is 0.433. The highest BCUT2D eigenvalue weighted by Gasteiger charge is 2.51. The van der Waals surface area contributed by atoms with Gasteiger partial charge in [-0.05, 0) is 44.0 Å². The number of nitrogens with one attached hydrogen (secondary N) is 1. The number of ketones is 1. The molecule has 3 aromatic rings. The first-order valence-electron chi connectivity index (χ1n) is 11.7. The normalized spacial score (nSPS) is 19.1. The third-order valence-electron chi connectivity index (χ3n) is 6.79. The Kier molecular flexibility index (Phi) is 5.59. The molecule has 2 aromatic carbocycles. The molecule has 0 spiro atoms. The van der Waals surface area contributed by atoms with Crippen molar-refractivity contribution in [3.63, 3.8) is 0 Å². The molecule has 1 aromatic heterocycles. The molecule has 180 valence electrons. The Morgan fingerprint density at radius 1 is 1.00 bits per heavy atom. The number of amides is 3. The van der Waals surface area contributed by atoms with Gasteiger partial charge in [-0.15, -0.1) is 0 Å². The van der Waals surface area contributed by atoms with Crippen molar-refractivity contribution in [1.82, 2.24) is 14.8 Å². The minimum Gasteiger partial charge on any atom is -0.486 e. The number of hydrogen-bond acceptors (Lipinski definition) is 5. The standard InChI is InChI=1S/C27H27N3O5/c1-4-27(19-8-6-5-7-9-19)25(32)29(26(33)28-27)16-22(31)21-14-17(2)30(18(21)3)20-10-11-23-24(15-20)35-13-12-34-23/h5-11,14-15H,4,12-13,16H2,1-3H3,(H,28,33)/t27-/m0/s1. The molecule has 5 rings (SSSR count). The number of fused-ring (bicyclic) bond motifs is 1. The zero-order chi connectivity index (χ0) is 24.7. The van der Waals surface area contributed by atoms with Crippen LogP contribution in [0.4, 0.5) is 4.79 Å². The summed E-state index contributed by atoms with van der Waals surface area (Å²) >= 11 is 0. The average Bonchev–Trinajstić information content (AvgIpc) is 3.31. The predicted octanol–water partition coefficient (Wildman–Crippen LogP) is 3.91. The number of hydrogen-bond donors (Lipinski definition) is 1. The summed E-state index contributed by atoms with van der Waals surface area (Å²) in [6.45, 7) is 6.27. The number of aryl methyl sites for hydroxylation is 1. The number of aromatic nitrogens is 1. The molecular weight excluding hydrogens is 446 g/mol. The Morgan fingerprint density at radius 3 is 2.43 bits per heavy atom. The van der Waals surface area contributed by atoms with E-state index in [-0.39, 0.29) is 12.3 Å². The fourth-order valence-corrected chi connectivity index (χ4v) is 4.97. The molecule has 0 saturated carbocycles. The highest BCUT2D eigenvalue weighted by molar-refractivity contribution is 6.11. The maximum Gasteiger partial charge on any atom is 0.325 e. The number of rotatable bonds is 6. The number of urea groups is 1. The van der Waals surface area contributed by atoms with E-state index in [0.29, 0.717) is 42.3 Å². The third-order valence-corrected chi connectivity index (χ3v) is 6.79. The van der Waals surface area contributed by atoms with Gasteiger partial charge in [-0.25, -0.2) is 4.79 Å². The number of benzene rings is 2. The number of nitrogens with zero attached hydrogens (tertiary/aromatic N) is 2. The Hall–Kier alpha value is -4.07. The molecule has 8 nitrogen and oxygen atoms in total. The van der Waals surface area contributed by atoms with Gasteiger partial charge in [-0.1, -0.05) is 37.3 Å². The Morgan fingerprint density at radius 2 is 1.71 bits per heavy atom. The molecule has 1 saturated heterocycles. The third kappa shape index (κ3) is 3.65. The summed E-state index contributed by atoms with van der Waals surface area (Å²) in [6.07, 6.45) is 0.380. The molecule has 2 aliphatic rings. The topological polar surface area (TPSA) is 89.9 Å². The minimum absolute atomic E-state index is 0.301. The Labute approximate surface area is 203 Å². The lowest BCUT2D eigenvalue weighted by atomic mass is 9.87. The molecule has 0 aliphatic carbocycles. The highest BCUT2D eigenvalue weighted by Crippen LogP contribution is 2.35. The lowest BCUT2D eigenvalue weighted by molar-refractivity contribution is -0.131. The number of Topliss-reactive ketones (excluding diaryl/α,β-unsaturated/α-hetero) is 1. The molecule has 2 aliphatic heterocycles. The van der Waals surface area contributed by atoms with Crippen molar-refractivity contribution in [1.29, 1.82) is 0 Å². The largest absolute Gasteiger partial charge is 0.486 e. The summed E-state index contributed by atoms with van der Waals surface area (Å²) in [4.78, 5) is 40.6. The number of ether oxygens (including phenoxy) is 2. The monoisotopic (exact) mass is 473 g/mol. The van der Waals surface area contributed by atoms with E-state index in [0.717, 1.165) is 22.0 Å². The van der Waals surface area contributed by atoms with E-state index in [1.54, 1.807) is 6.07 Å². The highest BCUT2D eigenvalue weighted by atomic mass is 16.6. The van der Waals surface area contributed by atoms with Crippen LogP contribution < -0.4 is 14.8 Å². The fraction of sp³-hybridized carbons (Fsp3) is 0.296. The van der Waals surface area contributed by atoms with E-state index in [4.69, 9.17) is 9.47 Å². The first kappa shape index (κ1) is 22.7. The minimum atomic E-state index is -1.17. The van der Waals surface area contributed by atoms with E-state index in [2.05, 4.69) is 5.32 Å². The fourth-order valence-electron chi connectivity index (χ4n) is 4.97. The van der Waals surface area contributed by atoms with Gasteiger partial charge in [0.05, 0.1) is 6.54 Å². The predicted molar refractivity (Wildman–Crippen MR) is 129 cm³/mol. The van der Waals surface area contributed by atoms with Crippen molar-refractivity contribution in [3.05, 3.63) is 77.1 Å². The van der Waals surface area contributed by atoms with Crippen molar-refractivity contribution < 1.29 is 23.9 Å². The second kappa shape index (κ2) is 8.61. The zero-order valence-corrected chi connectivity index (χ0v) is 20.0. The van der Waals surface area contributed by atoms with Crippen molar-refractivity contribution >= 4 is 17.7 Å². The molecule has 0 bridgehead atoms. The number of imide groups is 1. The molecule has 35 heavy (non-hydrogen) atoms.